The van der Waals surface area contributed by atoms with Crippen LogP contribution in [0.3, 0.4) is 0 Å². The Labute approximate surface area is 93.0 Å². The molecule has 1 aliphatic rings. The van der Waals surface area contributed by atoms with Gasteiger partial charge >= 0.3 is 0 Å². The van der Waals surface area contributed by atoms with Crippen molar-refractivity contribution in [2.45, 2.75) is 25.3 Å². The van der Waals surface area contributed by atoms with E-state index in [9.17, 15) is 4.79 Å². The standard InChI is InChI=1S/C10H12N5O/c1-7(9(12)16)4-8-5-15(14-13-8)10(6-11)2-3-10/h4-5,7H,2-3H2,1H3,(H2,12,16)/t7-/m0/s1. The van der Waals surface area contributed by atoms with Crippen LogP contribution in [0.5, 0.6) is 0 Å². The van der Waals surface area contributed by atoms with Crippen LogP contribution in [0.1, 0.15) is 25.5 Å². The summed E-state index contributed by atoms with van der Waals surface area (Å²) in [6.45, 7) is 1.69. The summed E-state index contributed by atoms with van der Waals surface area (Å²) in [5.41, 5.74) is 5.21. The van der Waals surface area contributed by atoms with Gasteiger partial charge in [-0.3, -0.25) is 4.79 Å². The maximum atomic E-state index is 10.9. The highest BCUT2D eigenvalue weighted by Crippen LogP contribution is 2.42. The van der Waals surface area contributed by atoms with Gasteiger partial charge in [0.1, 0.15) is 0 Å². The third-order valence-corrected chi connectivity index (χ3v) is 2.75. The molecule has 1 heterocycles. The molecule has 83 valence electrons. The van der Waals surface area contributed by atoms with Crippen LogP contribution in [0.25, 0.3) is 0 Å². The molecule has 1 fully saturated rings. The highest BCUT2D eigenvalue weighted by molar-refractivity contribution is 5.78. The van der Waals surface area contributed by atoms with Crippen molar-refractivity contribution in [2.75, 3.05) is 0 Å². The first kappa shape index (κ1) is 10.6. The lowest BCUT2D eigenvalue weighted by atomic mass is 10.1. The monoisotopic (exact) mass is 218 g/mol. The van der Waals surface area contributed by atoms with Crippen molar-refractivity contribution in [1.82, 2.24) is 15.0 Å². The molecule has 0 unspecified atom stereocenters. The van der Waals surface area contributed by atoms with E-state index in [1.807, 2.05) is 0 Å². The number of nitrogens with two attached hydrogens (primary N) is 1. The summed E-state index contributed by atoms with van der Waals surface area (Å²) in [7, 11) is 0. The Balaban J connectivity index is 2.09. The molecule has 0 spiro atoms. The van der Waals surface area contributed by atoms with Gasteiger partial charge < -0.3 is 5.73 Å². The second kappa shape index (κ2) is 3.59. The smallest absolute Gasteiger partial charge is 0.220 e. The highest BCUT2D eigenvalue weighted by Gasteiger charge is 2.46. The van der Waals surface area contributed by atoms with Crippen molar-refractivity contribution in [3.05, 3.63) is 18.3 Å². The lowest BCUT2D eigenvalue weighted by Gasteiger charge is -2.03. The van der Waals surface area contributed by atoms with Crippen molar-refractivity contribution in [3.63, 3.8) is 0 Å². The number of hydrogen-bond acceptors (Lipinski definition) is 4. The maximum absolute atomic E-state index is 10.9. The number of carbonyl (C=O) groups excluding carboxylic acids is 1. The van der Waals surface area contributed by atoms with Gasteiger partial charge in [-0.2, -0.15) is 5.26 Å². The molecule has 1 radical (unpaired) electrons. The van der Waals surface area contributed by atoms with Crippen molar-refractivity contribution in [3.8, 4) is 6.07 Å². The van der Waals surface area contributed by atoms with Crippen LogP contribution in [-0.2, 0) is 10.3 Å². The molecular formula is C10H12N5O. The van der Waals surface area contributed by atoms with Gasteiger partial charge in [-0.15, -0.1) is 5.10 Å². The number of nitriles is 1. The molecule has 0 aliphatic heterocycles. The number of carbonyl (C=O) groups is 1. The second-order valence-corrected chi connectivity index (χ2v) is 4.09. The maximum Gasteiger partial charge on any atom is 0.220 e. The van der Waals surface area contributed by atoms with E-state index in [2.05, 4.69) is 16.4 Å². The molecule has 2 rings (SSSR count). The first-order valence-corrected chi connectivity index (χ1v) is 5.06. The van der Waals surface area contributed by atoms with Gasteiger partial charge in [0.05, 0.1) is 18.0 Å². The topological polar surface area (TPSA) is 97.6 Å². The second-order valence-electron chi connectivity index (χ2n) is 4.09. The molecule has 0 saturated heterocycles. The minimum Gasteiger partial charge on any atom is -0.369 e. The van der Waals surface area contributed by atoms with Gasteiger partial charge in [0, 0.05) is 12.3 Å². The van der Waals surface area contributed by atoms with E-state index < -0.39 is 11.4 Å². The van der Waals surface area contributed by atoms with Crippen LogP contribution in [0.15, 0.2) is 6.20 Å². The van der Waals surface area contributed by atoms with Crippen molar-refractivity contribution < 1.29 is 4.79 Å². The van der Waals surface area contributed by atoms with E-state index in [4.69, 9.17) is 11.0 Å². The van der Waals surface area contributed by atoms with Gasteiger partial charge in [-0.1, -0.05) is 12.1 Å². The van der Waals surface area contributed by atoms with E-state index in [0.29, 0.717) is 5.69 Å². The molecular weight excluding hydrogens is 206 g/mol. The Morgan fingerprint density at radius 2 is 2.50 bits per heavy atom. The molecule has 1 aromatic heterocycles. The van der Waals surface area contributed by atoms with Gasteiger partial charge in [0.2, 0.25) is 5.91 Å². The van der Waals surface area contributed by atoms with Crippen molar-refractivity contribution in [2.24, 2.45) is 11.7 Å². The number of primary amides is 1. The quantitative estimate of drug-likeness (QED) is 0.766. The predicted octanol–water partition coefficient (Wildman–Crippen LogP) is -0.0354. The molecule has 1 amide bonds. The predicted molar refractivity (Wildman–Crippen MR) is 54.6 cm³/mol. The molecule has 1 aromatic rings. The minimum atomic E-state index is -0.505. The summed E-state index contributed by atoms with van der Waals surface area (Å²) >= 11 is 0. The molecule has 1 saturated carbocycles. The van der Waals surface area contributed by atoms with Crippen LogP contribution in [0.2, 0.25) is 0 Å². The van der Waals surface area contributed by atoms with Crippen molar-refractivity contribution >= 4 is 5.91 Å². The number of amides is 1. The average molecular weight is 218 g/mol. The summed E-state index contributed by atoms with van der Waals surface area (Å²) in [4.78, 5) is 10.9. The van der Waals surface area contributed by atoms with E-state index >= 15 is 0 Å². The fourth-order valence-electron chi connectivity index (χ4n) is 1.41. The fourth-order valence-corrected chi connectivity index (χ4v) is 1.41. The summed E-state index contributed by atoms with van der Waals surface area (Å²) in [5, 5.41) is 16.8. The fraction of sp³-hybridized carbons (Fsp3) is 0.500. The highest BCUT2D eigenvalue weighted by atomic mass is 16.1. The Morgan fingerprint density at radius 3 is 3.00 bits per heavy atom. The number of rotatable bonds is 4. The van der Waals surface area contributed by atoms with E-state index in [1.165, 1.54) is 0 Å². The minimum absolute atomic E-state index is 0.387. The van der Waals surface area contributed by atoms with Crippen molar-refractivity contribution in [1.29, 1.82) is 5.26 Å². The Kier molecular flexibility index (Phi) is 2.38. The summed E-state index contributed by atoms with van der Waals surface area (Å²) in [5.74, 6) is -0.793. The zero-order valence-corrected chi connectivity index (χ0v) is 8.92. The Hall–Kier alpha value is -1.90. The zero-order chi connectivity index (χ0) is 11.8. The Morgan fingerprint density at radius 1 is 1.81 bits per heavy atom. The van der Waals surface area contributed by atoms with Gasteiger partial charge in [-0.25, -0.2) is 4.68 Å². The zero-order valence-electron chi connectivity index (χ0n) is 8.92. The normalized spacial score (nSPS) is 18.8. The molecule has 6 nitrogen and oxygen atoms in total. The number of hydrogen-bond donors (Lipinski definition) is 1. The molecule has 0 aromatic carbocycles. The van der Waals surface area contributed by atoms with E-state index in [1.54, 1.807) is 24.2 Å². The largest absolute Gasteiger partial charge is 0.369 e. The molecule has 0 bridgehead atoms. The van der Waals surface area contributed by atoms with E-state index in [-0.39, 0.29) is 5.92 Å². The summed E-state index contributed by atoms with van der Waals surface area (Å²) in [6.07, 6.45) is 4.92. The van der Waals surface area contributed by atoms with Crippen LogP contribution >= 0.6 is 0 Å². The van der Waals surface area contributed by atoms with Gasteiger partial charge in [0.25, 0.3) is 0 Å². The first-order chi connectivity index (χ1) is 7.57. The van der Waals surface area contributed by atoms with Crippen LogP contribution in [-0.4, -0.2) is 20.9 Å². The van der Waals surface area contributed by atoms with Crippen LogP contribution in [0.4, 0.5) is 0 Å². The first-order valence-electron chi connectivity index (χ1n) is 5.06. The molecule has 16 heavy (non-hydrogen) atoms. The SMILES string of the molecule is C[C@@H]([CH]c1cn(C2(C#N)CC2)nn1)C(N)=O. The Bertz CT molecular complexity index is 454. The third-order valence-electron chi connectivity index (χ3n) is 2.75. The number of nitrogens with zero attached hydrogens (tertiary/aromatic N) is 4. The lowest BCUT2D eigenvalue weighted by molar-refractivity contribution is -0.120. The van der Waals surface area contributed by atoms with Gasteiger partial charge in [-0.05, 0) is 12.8 Å². The van der Waals surface area contributed by atoms with Crippen LogP contribution in [0, 0.1) is 23.7 Å². The molecule has 6 heteroatoms. The van der Waals surface area contributed by atoms with Gasteiger partial charge in [0.15, 0.2) is 5.54 Å². The molecule has 2 N–H and O–H groups in total. The molecule has 1 aliphatic carbocycles. The van der Waals surface area contributed by atoms with Crippen LogP contribution < -0.4 is 5.73 Å². The average Bonchev–Trinajstić information content (AvgIpc) is 2.93. The number of aromatic nitrogens is 3. The summed E-state index contributed by atoms with van der Waals surface area (Å²) < 4.78 is 1.56. The van der Waals surface area contributed by atoms with E-state index in [0.717, 1.165) is 12.8 Å². The lowest BCUT2D eigenvalue weighted by Crippen LogP contribution is -2.21. The summed E-state index contributed by atoms with van der Waals surface area (Å²) in [6, 6.07) is 2.21. The molecule has 1 atom stereocenters. The third kappa shape index (κ3) is 1.76.